The first-order valence-corrected chi connectivity index (χ1v) is 8.11. The fourth-order valence-corrected chi connectivity index (χ4v) is 3.21. The van der Waals surface area contributed by atoms with Gasteiger partial charge in [-0.1, -0.05) is 18.2 Å². The molecule has 1 N–H and O–H groups in total. The van der Waals surface area contributed by atoms with Gasteiger partial charge in [-0.15, -0.1) is 0 Å². The number of thioether (sulfide) groups is 1. The molecule has 0 saturated carbocycles. The Bertz CT molecular complexity index is 924. The third-order valence-corrected chi connectivity index (χ3v) is 4.53. The van der Waals surface area contributed by atoms with E-state index in [0.29, 0.717) is 21.3 Å². The lowest BCUT2D eigenvalue weighted by molar-refractivity contribution is -0.121. The van der Waals surface area contributed by atoms with Crippen LogP contribution in [0.4, 0.5) is 10.1 Å². The Labute approximate surface area is 147 Å². The van der Waals surface area contributed by atoms with Gasteiger partial charge in [0.2, 0.25) is 0 Å². The van der Waals surface area contributed by atoms with Crippen molar-refractivity contribution in [3.8, 4) is 0 Å². The fraction of sp³-hybridized carbons (Fsp3) is 0.0556. The van der Waals surface area contributed by atoms with Crippen molar-refractivity contribution < 1.29 is 19.1 Å². The lowest BCUT2D eigenvalue weighted by Gasteiger charge is -2.07. The molecule has 126 valence electrons. The third-order valence-electron chi connectivity index (χ3n) is 3.47. The molecule has 5 nitrogen and oxygen atoms in total. The van der Waals surface area contributed by atoms with Crippen LogP contribution in [0, 0.1) is 5.82 Å². The van der Waals surface area contributed by atoms with Gasteiger partial charge in [-0.25, -0.2) is 14.2 Å². The van der Waals surface area contributed by atoms with E-state index in [4.69, 9.17) is 5.11 Å². The number of hydrogen-bond donors (Lipinski definition) is 1. The zero-order valence-electron chi connectivity index (χ0n) is 13.1. The minimum Gasteiger partial charge on any atom is -0.478 e. The number of hydrogen-bond acceptors (Lipinski definition) is 4. The largest absolute Gasteiger partial charge is 0.478 e. The van der Waals surface area contributed by atoms with E-state index in [2.05, 4.69) is 4.99 Å². The van der Waals surface area contributed by atoms with Gasteiger partial charge < -0.3 is 5.11 Å². The molecule has 0 spiro atoms. The summed E-state index contributed by atoms with van der Waals surface area (Å²) >= 11 is 1.15. The van der Waals surface area contributed by atoms with Crippen LogP contribution < -0.4 is 0 Å². The summed E-state index contributed by atoms with van der Waals surface area (Å²) in [6.45, 7) is 0. The molecule has 0 aromatic heterocycles. The van der Waals surface area contributed by atoms with Crippen LogP contribution in [0.15, 0.2) is 58.4 Å². The molecule has 0 radical (unpaired) electrons. The first-order chi connectivity index (χ1) is 11.9. The predicted molar refractivity (Wildman–Crippen MR) is 95.2 cm³/mol. The number of likely N-dealkylation sites (N-methyl/N-ethyl adjacent to an activating group) is 1. The molecule has 0 unspecified atom stereocenters. The van der Waals surface area contributed by atoms with Crippen LogP contribution in [-0.4, -0.2) is 34.1 Å². The van der Waals surface area contributed by atoms with Crippen molar-refractivity contribution >= 4 is 40.6 Å². The van der Waals surface area contributed by atoms with Crippen LogP contribution in [0.3, 0.4) is 0 Å². The number of nitrogens with zero attached hydrogens (tertiary/aromatic N) is 2. The molecule has 1 amide bonds. The first kappa shape index (κ1) is 16.9. The summed E-state index contributed by atoms with van der Waals surface area (Å²) in [5, 5.41) is 9.46. The number of amidine groups is 1. The minimum absolute atomic E-state index is 0.120. The Morgan fingerprint density at radius 1 is 1.24 bits per heavy atom. The van der Waals surface area contributed by atoms with Crippen LogP contribution in [0.2, 0.25) is 0 Å². The standard InChI is InChI=1S/C18H13FN2O3S/c1-21-16(22)15(9-11-4-2-6-13(19)8-11)25-18(21)20-14-7-3-5-12(10-14)17(23)24/h2-10H,1H3,(H,23,24)/b15-9-,20-18?. The molecule has 2 aromatic rings. The maximum absolute atomic E-state index is 13.3. The topological polar surface area (TPSA) is 70.0 Å². The Hall–Kier alpha value is -2.93. The molecule has 1 fully saturated rings. The molecule has 7 heteroatoms. The van der Waals surface area contributed by atoms with Crippen LogP contribution in [-0.2, 0) is 4.79 Å². The molecular weight excluding hydrogens is 343 g/mol. The minimum atomic E-state index is -1.04. The van der Waals surface area contributed by atoms with E-state index in [9.17, 15) is 14.0 Å². The van der Waals surface area contributed by atoms with Crippen molar-refractivity contribution in [1.82, 2.24) is 4.90 Å². The maximum atomic E-state index is 13.3. The Morgan fingerprint density at radius 3 is 2.72 bits per heavy atom. The number of carboxylic acid groups (broad SMARTS) is 1. The monoisotopic (exact) mass is 356 g/mol. The smallest absolute Gasteiger partial charge is 0.335 e. The number of carbonyl (C=O) groups is 2. The van der Waals surface area contributed by atoms with E-state index in [1.807, 2.05) is 0 Å². The van der Waals surface area contributed by atoms with E-state index in [1.54, 1.807) is 37.4 Å². The second-order valence-corrected chi connectivity index (χ2v) is 6.29. The maximum Gasteiger partial charge on any atom is 0.335 e. The molecule has 3 rings (SSSR count). The second-order valence-electron chi connectivity index (χ2n) is 5.28. The molecule has 0 aliphatic carbocycles. The van der Waals surface area contributed by atoms with Crippen LogP contribution in [0.25, 0.3) is 6.08 Å². The van der Waals surface area contributed by atoms with E-state index >= 15 is 0 Å². The van der Waals surface area contributed by atoms with Gasteiger partial charge in [-0.3, -0.25) is 9.69 Å². The number of amides is 1. The van der Waals surface area contributed by atoms with Crippen molar-refractivity contribution in [3.05, 3.63) is 70.4 Å². The number of aromatic carboxylic acids is 1. The number of benzene rings is 2. The average Bonchev–Trinajstić information content (AvgIpc) is 2.83. The third kappa shape index (κ3) is 3.77. The van der Waals surface area contributed by atoms with E-state index in [1.165, 1.54) is 29.2 Å². The zero-order valence-corrected chi connectivity index (χ0v) is 14.0. The highest BCUT2D eigenvalue weighted by Crippen LogP contribution is 2.33. The number of halogens is 1. The summed E-state index contributed by atoms with van der Waals surface area (Å²) in [4.78, 5) is 29.5. The highest BCUT2D eigenvalue weighted by Gasteiger charge is 2.30. The van der Waals surface area contributed by atoms with Crippen molar-refractivity contribution in [2.75, 3.05) is 7.05 Å². The van der Waals surface area contributed by atoms with Crippen LogP contribution in [0.5, 0.6) is 0 Å². The summed E-state index contributed by atoms with van der Waals surface area (Å²) < 4.78 is 13.3. The first-order valence-electron chi connectivity index (χ1n) is 7.29. The predicted octanol–water partition coefficient (Wildman–Crippen LogP) is 3.76. The Balaban J connectivity index is 1.91. The number of aliphatic imine (C=N–C) groups is 1. The average molecular weight is 356 g/mol. The summed E-state index contributed by atoms with van der Waals surface area (Å²) in [6, 6.07) is 12.1. The SMILES string of the molecule is CN1C(=O)/C(=C/c2cccc(F)c2)SC1=Nc1cccc(C(=O)O)c1. The van der Waals surface area contributed by atoms with E-state index in [-0.39, 0.29) is 17.3 Å². The van der Waals surface area contributed by atoms with Crippen molar-refractivity contribution in [2.24, 2.45) is 4.99 Å². The fourth-order valence-electron chi connectivity index (χ4n) is 2.22. The Kier molecular flexibility index (Phi) is 4.67. The van der Waals surface area contributed by atoms with Gasteiger partial charge in [-0.05, 0) is 53.7 Å². The molecular formula is C18H13FN2O3S. The molecule has 1 aliphatic heterocycles. The molecule has 25 heavy (non-hydrogen) atoms. The van der Waals surface area contributed by atoms with E-state index in [0.717, 1.165) is 11.8 Å². The summed E-state index contributed by atoms with van der Waals surface area (Å²) in [6.07, 6.45) is 1.60. The molecule has 2 aromatic carbocycles. The molecule has 1 aliphatic rings. The molecule has 1 heterocycles. The summed E-state index contributed by atoms with van der Waals surface area (Å²) in [7, 11) is 1.58. The van der Waals surface area contributed by atoms with Crippen molar-refractivity contribution in [3.63, 3.8) is 0 Å². The normalized spacial score (nSPS) is 17.5. The highest BCUT2D eigenvalue weighted by molar-refractivity contribution is 8.18. The summed E-state index contributed by atoms with van der Waals surface area (Å²) in [5.74, 6) is -1.67. The van der Waals surface area contributed by atoms with Gasteiger partial charge in [0.25, 0.3) is 5.91 Å². The molecule has 0 atom stereocenters. The van der Waals surface area contributed by atoms with Gasteiger partial charge in [0, 0.05) is 7.05 Å². The van der Waals surface area contributed by atoms with Gasteiger partial charge in [0.15, 0.2) is 5.17 Å². The molecule has 0 bridgehead atoms. The van der Waals surface area contributed by atoms with Crippen molar-refractivity contribution in [2.45, 2.75) is 0 Å². The van der Waals surface area contributed by atoms with Gasteiger partial charge in [0.1, 0.15) is 5.82 Å². The number of carboxylic acids is 1. The van der Waals surface area contributed by atoms with Crippen LogP contribution >= 0.6 is 11.8 Å². The van der Waals surface area contributed by atoms with E-state index < -0.39 is 5.97 Å². The lowest BCUT2D eigenvalue weighted by atomic mass is 10.2. The number of rotatable bonds is 3. The number of carbonyl (C=O) groups excluding carboxylic acids is 1. The van der Waals surface area contributed by atoms with Gasteiger partial charge in [0.05, 0.1) is 16.2 Å². The highest BCUT2D eigenvalue weighted by atomic mass is 32.2. The van der Waals surface area contributed by atoms with Crippen LogP contribution in [0.1, 0.15) is 15.9 Å². The summed E-state index contributed by atoms with van der Waals surface area (Å²) in [5.41, 5.74) is 1.14. The van der Waals surface area contributed by atoms with Gasteiger partial charge >= 0.3 is 5.97 Å². The van der Waals surface area contributed by atoms with Crippen molar-refractivity contribution in [1.29, 1.82) is 0 Å². The van der Waals surface area contributed by atoms with Gasteiger partial charge in [-0.2, -0.15) is 0 Å². The molecule has 1 saturated heterocycles. The lowest BCUT2D eigenvalue weighted by Crippen LogP contribution is -2.23. The quantitative estimate of drug-likeness (QED) is 0.850. The second kappa shape index (κ2) is 6.90. The Morgan fingerprint density at radius 2 is 2.00 bits per heavy atom. The zero-order chi connectivity index (χ0) is 18.0.